The van der Waals surface area contributed by atoms with Gasteiger partial charge in [0.25, 0.3) is 5.91 Å². The van der Waals surface area contributed by atoms with Gasteiger partial charge < -0.3 is 5.32 Å². The summed E-state index contributed by atoms with van der Waals surface area (Å²) in [5.74, 6) is -1.10. The van der Waals surface area contributed by atoms with Crippen molar-refractivity contribution in [3.05, 3.63) is 71.9 Å². The number of nitrogens with one attached hydrogen (secondary N) is 1. The lowest BCUT2D eigenvalue weighted by Crippen LogP contribution is -2.39. The van der Waals surface area contributed by atoms with E-state index in [0.29, 0.717) is 12.2 Å². The highest BCUT2D eigenvalue weighted by Gasteiger charge is 2.24. The Morgan fingerprint density at radius 1 is 1.04 bits per heavy atom. The van der Waals surface area contributed by atoms with Crippen LogP contribution in [0.3, 0.4) is 0 Å². The van der Waals surface area contributed by atoms with Crippen molar-refractivity contribution in [3.63, 3.8) is 0 Å². The first-order chi connectivity index (χ1) is 13.7. The zero-order valence-corrected chi connectivity index (χ0v) is 15.9. The summed E-state index contributed by atoms with van der Waals surface area (Å²) in [6, 6.07) is 15.5. The topological polar surface area (TPSA) is 49.6 Å². The molecule has 1 amide bonds. The summed E-state index contributed by atoms with van der Waals surface area (Å²) in [5.41, 5.74) is 1.44. The van der Waals surface area contributed by atoms with E-state index in [1.54, 1.807) is 24.4 Å². The van der Waals surface area contributed by atoms with Gasteiger partial charge in [0.15, 0.2) is 5.69 Å². The molecule has 0 saturated carbocycles. The van der Waals surface area contributed by atoms with Crippen LogP contribution in [0, 0.1) is 5.95 Å². The molecule has 3 heterocycles. The van der Waals surface area contributed by atoms with Crippen molar-refractivity contribution >= 4 is 11.6 Å². The fourth-order valence-corrected chi connectivity index (χ4v) is 3.92. The third-order valence-corrected chi connectivity index (χ3v) is 5.41. The second-order valence-electron chi connectivity index (χ2n) is 7.27. The van der Waals surface area contributed by atoms with Gasteiger partial charge in [-0.15, -0.1) is 0 Å². The van der Waals surface area contributed by atoms with Gasteiger partial charge in [0.05, 0.1) is 6.04 Å². The molecule has 5 nitrogen and oxygen atoms in total. The Bertz CT molecular complexity index is 932. The normalized spacial score (nSPS) is 16.6. The third kappa shape index (κ3) is 3.92. The van der Waals surface area contributed by atoms with Crippen molar-refractivity contribution in [2.24, 2.45) is 0 Å². The summed E-state index contributed by atoms with van der Waals surface area (Å²) in [5, 5.41) is 2.92. The minimum atomic E-state index is -0.626. The zero-order chi connectivity index (χ0) is 19.3. The van der Waals surface area contributed by atoms with Gasteiger partial charge in [0.1, 0.15) is 5.65 Å². The van der Waals surface area contributed by atoms with Crippen LogP contribution in [-0.2, 0) is 0 Å². The monoisotopic (exact) mass is 380 g/mol. The second-order valence-corrected chi connectivity index (χ2v) is 7.27. The summed E-state index contributed by atoms with van der Waals surface area (Å²) in [6.07, 6.45) is 6.39. The number of amides is 1. The van der Waals surface area contributed by atoms with Gasteiger partial charge in [-0.2, -0.15) is 4.39 Å². The minimum Gasteiger partial charge on any atom is -0.349 e. The summed E-state index contributed by atoms with van der Waals surface area (Å²) >= 11 is 0. The van der Waals surface area contributed by atoms with Crippen molar-refractivity contribution in [1.82, 2.24) is 19.6 Å². The number of likely N-dealkylation sites (tertiary alicyclic amines) is 1. The van der Waals surface area contributed by atoms with E-state index in [0.717, 1.165) is 13.1 Å². The first-order valence-corrected chi connectivity index (χ1v) is 9.94. The van der Waals surface area contributed by atoms with Gasteiger partial charge in [-0.25, -0.2) is 4.98 Å². The van der Waals surface area contributed by atoms with E-state index in [2.05, 4.69) is 27.3 Å². The predicted molar refractivity (Wildman–Crippen MR) is 107 cm³/mol. The molecule has 1 N–H and O–H groups in total. The Morgan fingerprint density at radius 3 is 2.46 bits per heavy atom. The molecule has 3 aromatic rings. The van der Waals surface area contributed by atoms with Crippen molar-refractivity contribution in [2.45, 2.75) is 31.7 Å². The highest BCUT2D eigenvalue weighted by molar-refractivity contribution is 5.93. The number of nitrogens with zero attached hydrogens (tertiary/aromatic N) is 3. The van der Waals surface area contributed by atoms with Gasteiger partial charge in [-0.1, -0.05) is 49.2 Å². The maximum Gasteiger partial charge on any atom is 0.274 e. The number of rotatable bonds is 5. The number of halogens is 1. The second kappa shape index (κ2) is 8.52. The molecule has 146 valence electrons. The van der Waals surface area contributed by atoms with Crippen LogP contribution in [0.15, 0.2) is 54.7 Å². The van der Waals surface area contributed by atoms with Gasteiger partial charge in [-0.3, -0.25) is 14.1 Å². The Hall–Kier alpha value is -2.73. The van der Waals surface area contributed by atoms with E-state index in [1.807, 2.05) is 18.2 Å². The Labute approximate surface area is 164 Å². The Morgan fingerprint density at radius 2 is 1.75 bits per heavy atom. The molecule has 1 aromatic carbocycles. The molecule has 1 saturated heterocycles. The number of hydrogen-bond donors (Lipinski definition) is 1. The molecule has 1 aliphatic heterocycles. The third-order valence-electron chi connectivity index (χ3n) is 5.41. The summed E-state index contributed by atoms with van der Waals surface area (Å²) < 4.78 is 15.9. The molecule has 1 aliphatic rings. The molecule has 0 bridgehead atoms. The van der Waals surface area contributed by atoms with E-state index in [1.165, 1.54) is 35.6 Å². The van der Waals surface area contributed by atoms with Crippen LogP contribution < -0.4 is 5.32 Å². The van der Waals surface area contributed by atoms with Crippen LogP contribution in [0.1, 0.15) is 47.8 Å². The number of carbonyl (C=O) groups is 1. The molecule has 1 atom stereocenters. The van der Waals surface area contributed by atoms with Crippen molar-refractivity contribution in [3.8, 4) is 0 Å². The molecule has 2 aromatic heterocycles. The molecule has 1 unspecified atom stereocenters. The predicted octanol–water partition coefficient (Wildman–Crippen LogP) is 3.82. The molecule has 28 heavy (non-hydrogen) atoms. The van der Waals surface area contributed by atoms with Gasteiger partial charge in [-0.05, 0) is 43.6 Å². The highest BCUT2D eigenvalue weighted by atomic mass is 19.1. The van der Waals surface area contributed by atoms with Gasteiger partial charge >= 0.3 is 0 Å². The lowest BCUT2D eigenvalue weighted by atomic mass is 10.0. The van der Waals surface area contributed by atoms with E-state index < -0.39 is 11.9 Å². The Balaban J connectivity index is 1.53. The van der Waals surface area contributed by atoms with E-state index in [4.69, 9.17) is 0 Å². The molecule has 1 fully saturated rings. The zero-order valence-electron chi connectivity index (χ0n) is 15.9. The van der Waals surface area contributed by atoms with E-state index in [-0.39, 0.29) is 11.7 Å². The number of fused-ring (bicyclic) bond motifs is 1. The van der Waals surface area contributed by atoms with Crippen molar-refractivity contribution < 1.29 is 9.18 Å². The van der Waals surface area contributed by atoms with Gasteiger partial charge in [0.2, 0.25) is 5.95 Å². The quantitative estimate of drug-likeness (QED) is 0.732. The van der Waals surface area contributed by atoms with Crippen LogP contribution in [0.4, 0.5) is 4.39 Å². The molecule has 0 spiro atoms. The van der Waals surface area contributed by atoms with Crippen LogP contribution in [0.2, 0.25) is 0 Å². The Kier molecular flexibility index (Phi) is 5.67. The maximum absolute atomic E-state index is 14.6. The first kappa shape index (κ1) is 18.6. The summed E-state index contributed by atoms with van der Waals surface area (Å²) in [7, 11) is 0. The number of pyridine rings is 1. The number of carbonyl (C=O) groups excluding carboxylic acids is 1. The lowest BCUT2D eigenvalue weighted by Gasteiger charge is -2.31. The van der Waals surface area contributed by atoms with E-state index >= 15 is 0 Å². The minimum absolute atomic E-state index is 0.0725. The average molecular weight is 380 g/mol. The molecule has 4 rings (SSSR count). The number of hydrogen-bond acceptors (Lipinski definition) is 3. The largest absolute Gasteiger partial charge is 0.349 e. The first-order valence-electron chi connectivity index (χ1n) is 9.94. The SMILES string of the molecule is O=C(NCC(c1ccccc1)N1CCCCCC1)c1nc2ccccn2c1F. The molecule has 0 radical (unpaired) electrons. The molecule has 6 heteroatoms. The van der Waals surface area contributed by atoms with Gasteiger partial charge in [0, 0.05) is 12.7 Å². The smallest absolute Gasteiger partial charge is 0.274 e. The number of benzene rings is 1. The lowest BCUT2D eigenvalue weighted by molar-refractivity contribution is 0.0924. The van der Waals surface area contributed by atoms with Crippen molar-refractivity contribution in [2.75, 3.05) is 19.6 Å². The summed E-state index contributed by atoms with van der Waals surface area (Å²) in [4.78, 5) is 19.3. The standard InChI is InChI=1S/C22H25FN4O/c23-21-20(25-19-12-6-9-15-27(19)21)22(28)24-16-18(17-10-4-3-5-11-17)26-13-7-1-2-8-14-26/h3-6,9-12,15,18H,1-2,7-8,13-14,16H2,(H,24,28). The van der Waals surface area contributed by atoms with Crippen molar-refractivity contribution in [1.29, 1.82) is 0 Å². The molecular formula is C22H25FN4O. The maximum atomic E-state index is 14.6. The fraction of sp³-hybridized carbons (Fsp3) is 0.364. The van der Waals surface area contributed by atoms with Crippen LogP contribution in [0.25, 0.3) is 5.65 Å². The van der Waals surface area contributed by atoms with Crippen LogP contribution in [-0.4, -0.2) is 39.8 Å². The average Bonchev–Trinajstić information content (AvgIpc) is 2.90. The summed E-state index contributed by atoms with van der Waals surface area (Å²) in [6.45, 7) is 2.45. The highest BCUT2D eigenvalue weighted by Crippen LogP contribution is 2.24. The fourth-order valence-electron chi connectivity index (χ4n) is 3.92. The van der Waals surface area contributed by atoms with Crippen LogP contribution >= 0.6 is 0 Å². The number of aromatic nitrogens is 2. The van der Waals surface area contributed by atoms with Crippen LogP contribution in [0.5, 0.6) is 0 Å². The number of imidazole rings is 1. The molecule has 0 aliphatic carbocycles. The van der Waals surface area contributed by atoms with E-state index in [9.17, 15) is 9.18 Å². The molecular weight excluding hydrogens is 355 g/mol.